The van der Waals surface area contributed by atoms with Crippen molar-refractivity contribution in [2.24, 2.45) is 10.9 Å². The topological polar surface area (TPSA) is 59.0 Å². The summed E-state index contributed by atoms with van der Waals surface area (Å²) in [5, 5.41) is 0.251. The molecular formula is C28H22ClF3N2O3. The van der Waals surface area contributed by atoms with Gasteiger partial charge in [0.25, 0.3) is 0 Å². The van der Waals surface area contributed by atoms with Crippen LogP contribution in [0, 0.1) is 5.92 Å². The van der Waals surface area contributed by atoms with Crippen molar-refractivity contribution in [1.82, 2.24) is 0 Å². The molecule has 1 aliphatic carbocycles. The number of hydrogen-bond donors (Lipinski definition) is 0. The number of hydrogen-bond acceptors (Lipinski definition) is 4. The van der Waals surface area contributed by atoms with Crippen LogP contribution in [0.4, 0.5) is 24.5 Å². The maximum atomic E-state index is 14.0. The zero-order valence-electron chi connectivity index (χ0n) is 19.7. The fourth-order valence-electron chi connectivity index (χ4n) is 5.22. The summed E-state index contributed by atoms with van der Waals surface area (Å²) in [4.78, 5) is 32.1. The summed E-state index contributed by atoms with van der Waals surface area (Å²) in [7, 11) is 1.44. The van der Waals surface area contributed by atoms with Crippen LogP contribution in [0.1, 0.15) is 35.9 Å². The third-order valence-electron chi connectivity index (χ3n) is 6.83. The van der Waals surface area contributed by atoms with Crippen molar-refractivity contribution in [3.8, 4) is 5.75 Å². The van der Waals surface area contributed by atoms with Gasteiger partial charge in [-0.25, -0.2) is 0 Å². The molecule has 2 aliphatic rings. The van der Waals surface area contributed by atoms with Gasteiger partial charge in [0, 0.05) is 17.2 Å². The molecule has 0 N–H and O–H groups in total. The summed E-state index contributed by atoms with van der Waals surface area (Å²) < 4.78 is 47.3. The molecule has 0 aromatic heterocycles. The Hall–Kier alpha value is -3.65. The third-order valence-corrected chi connectivity index (χ3v) is 7.07. The second-order valence-corrected chi connectivity index (χ2v) is 9.53. The van der Waals surface area contributed by atoms with Crippen molar-refractivity contribution in [1.29, 1.82) is 0 Å². The molecule has 0 saturated heterocycles. The number of Topliss-reactive ketones (excluding diaryl/α,β-unsaturated/α-hetero) is 1. The van der Waals surface area contributed by atoms with Gasteiger partial charge < -0.3 is 4.74 Å². The number of ether oxygens (including phenoxy) is 1. The average molecular weight is 527 g/mol. The lowest BCUT2D eigenvalue weighted by Gasteiger charge is -2.39. The summed E-state index contributed by atoms with van der Waals surface area (Å²) >= 11 is 6.19. The number of halogens is 4. The Kier molecular flexibility index (Phi) is 6.54. The summed E-state index contributed by atoms with van der Waals surface area (Å²) in [5.41, 5.74) is 1.74. The molecule has 5 rings (SSSR count). The number of amides is 1. The number of anilines is 1. The monoisotopic (exact) mass is 526 g/mol. The highest BCUT2D eigenvalue weighted by atomic mass is 35.5. The van der Waals surface area contributed by atoms with Crippen LogP contribution >= 0.6 is 11.6 Å². The quantitative estimate of drug-likeness (QED) is 0.375. The van der Waals surface area contributed by atoms with E-state index in [-0.39, 0.29) is 34.5 Å². The number of carbonyl (C=O) groups is 2. The van der Waals surface area contributed by atoms with E-state index in [4.69, 9.17) is 21.3 Å². The molecule has 0 bridgehead atoms. The van der Waals surface area contributed by atoms with E-state index in [1.54, 1.807) is 24.3 Å². The SMILES string of the molecule is COc1cccc(C2C3C(=O)CC(c4ccccc4)CC3=Nc3cc(Cl)ccc3N2C(=O)C(F)(F)F)c1. The first-order chi connectivity index (χ1) is 17.7. The molecule has 190 valence electrons. The van der Waals surface area contributed by atoms with Crippen LogP contribution in [-0.4, -0.2) is 30.7 Å². The van der Waals surface area contributed by atoms with Gasteiger partial charge in [0.2, 0.25) is 0 Å². The first kappa shape index (κ1) is 25.0. The fraction of sp³-hybridized carbons (Fsp3) is 0.250. The van der Waals surface area contributed by atoms with Crippen LogP contribution in [-0.2, 0) is 9.59 Å². The van der Waals surface area contributed by atoms with Crippen LogP contribution < -0.4 is 9.64 Å². The van der Waals surface area contributed by atoms with Gasteiger partial charge in [-0.2, -0.15) is 13.2 Å². The molecule has 3 unspecified atom stereocenters. The standard InChI is InChI=1S/C28H22ClF3N2O3/c1-37-20-9-5-8-17(12-20)26-25-22(13-18(14-24(25)35)16-6-3-2-4-7-16)33-21-15-19(29)10-11-23(21)34(26)27(36)28(30,31)32/h2-12,15,18,25-26H,13-14H2,1H3. The van der Waals surface area contributed by atoms with Gasteiger partial charge >= 0.3 is 12.1 Å². The summed E-state index contributed by atoms with van der Waals surface area (Å²) in [6.45, 7) is 0. The van der Waals surface area contributed by atoms with Gasteiger partial charge in [-0.15, -0.1) is 0 Å². The Labute approximate surface area is 216 Å². The van der Waals surface area contributed by atoms with E-state index >= 15 is 0 Å². The number of benzene rings is 3. The molecule has 5 nitrogen and oxygen atoms in total. The molecule has 1 aliphatic heterocycles. The van der Waals surface area contributed by atoms with E-state index in [9.17, 15) is 22.8 Å². The Morgan fingerprint density at radius 3 is 2.43 bits per heavy atom. The van der Waals surface area contributed by atoms with Crippen molar-refractivity contribution in [3.63, 3.8) is 0 Å². The zero-order valence-corrected chi connectivity index (χ0v) is 20.5. The summed E-state index contributed by atoms with van der Waals surface area (Å²) in [5.74, 6) is -3.25. The highest BCUT2D eigenvalue weighted by Crippen LogP contribution is 2.49. The lowest BCUT2D eigenvalue weighted by atomic mass is 9.72. The molecule has 9 heteroatoms. The van der Waals surface area contributed by atoms with Crippen molar-refractivity contribution in [3.05, 3.63) is 88.9 Å². The Morgan fingerprint density at radius 1 is 1.00 bits per heavy atom. The highest BCUT2D eigenvalue weighted by molar-refractivity contribution is 6.31. The number of fused-ring (bicyclic) bond motifs is 2. The maximum absolute atomic E-state index is 14.0. The fourth-order valence-corrected chi connectivity index (χ4v) is 5.39. The van der Waals surface area contributed by atoms with Crippen molar-refractivity contribution in [2.45, 2.75) is 31.0 Å². The molecule has 1 amide bonds. The minimum atomic E-state index is -5.19. The van der Waals surface area contributed by atoms with Gasteiger partial charge in [-0.1, -0.05) is 54.1 Å². The second-order valence-electron chi connectivity index (χ2n) is 9.09. The van der Waals surface area contributed by atoms with Crippen LogP contribution in [0.5, 0.6) is 5.75 Å². The van der Waals surface area contributed by atoms with E-state index in [2.05, 4.69) is 0 Å². The third kappa shape index (κ3) is 4.73. The molecule has 3 aromatic rings. The molecule has 3 aromatic carbocycles. The normalized spacial score (nSPS) is 21.4. The van der Waals surface area contributed by atoms with E-state index < -0.39 is 24.0 Å². The molecular weight excluding hydrogens is 505 g/mol. The van der Waals surface area contributed by atoms with E-state index in [1.807, 2.05) is 30.3 Å². The maximum Gasteiger partial charge on any atom is 0.471 e. The van der Waals surface area contributed by atoms with E-state index in [0.29, 0.717) is 28.3 Å². The highest BCUT2D eigenvalue weighted by Gasteiger charge is 2.52. The van der Waals surface area contributed by atoms with Gasteiger partial charge in [-0.3, -0.25) is 19.5 Å². The van der Waals surface area contributed by atoms with Crippen molar-refractivity contribution < 1.29 is 27.5 Å². The van der Waals surface area contributed by atoms with Gasteiger partial charge in [0.1, 0.15) is 11.5 Å². The van der Waals surface area contributed by atoms with E-state index in [1.165, 1.54) is 25.3 Å². The predicted molar refractivity (Wildman–Crippen MR) is 135 cm³/mol. The summed E-state index contributed by atoms with van der Waals surface area (Å²) in [6, 6.07) is 18.8. The number of carbonyl (C=O) groups excluding carboxylic acids is 2. The lowest BCUT2D eigenvalue weighted by molar-refractivity contribution is -0.171. The van der Waals surface area contributed by atoms with Crippen molar-refractivity contribution in [2.75, 3.05) is 12.0 Å². The minimum Gasteiger partial charge on any atom is -0.497 e. The summed E-state index contributed by atoms with van der Waals surface area (Å²) in [6.07, 6.45) is -4.73. The average Bonchev–Trinajstić information content (AvgIpc) is 3.02. The second kappa shape index (κ2) is 9.67. The van der Waals surface area contributed by atoms with Crippen LogP contribution in [0.15, 0.2) is 77.8 Å². The molecule has 3 atom stereocenters. The molecule has 1 fully saturated rings. The van der Waals surface area contributed by atoms with Crippen LogP contribution in [0.3, 0.4) is 0 Å². The minimum absolute atomic E-state index is 0.0643. The first-order valence-electron chi connectivity index (χ1n) is 11.7. The van der Waals surface area contributed by atoms with Gasteiger partial charge in [-0.05, 0) is 53.8 Å². The molecule has 0 radical (unpaired) electrons. The Bertz CT molecular complexity index is 1390. The predicted octanol–water partition coefficient (Wildman–Crippen LogP) is 6.83. The number of ketones is 1. The van der Waals surface area contributed by atoms with Crippen LogP contribution in [0.2, 0.25) is 5.02 Å². The smallest absolute Gasteiger partial charge is 0.471 e. The Morgan fingerprint density at radius 2 is 1.73 bits per heavy atom. The number of methoxy groups -OCH3 is 1. The Balaban J connectivity index is 1.74. The van der Waals surface area contributed by atoms with E-state index in [0.717, 1.165) is 5.56 Å². The van der Waals surface area contributed by atoms with Crippen molar-refractivity contribution >= 4 is 40.4 Å². The molecule has 37 heavy (non-hydrogen) atoms. The largest absolute Gasteiger partial charge is 0.497 e. The number of alkyl halides is 3. The molecule has 1 heterocycles. The van der Waals surface area contributed by atoms with Gasteiger partial charge in [0.15, 0.2) is 0 Å². The molecule has 0 spiro atoms. The zero-order chi connectivity index (χ0) is 26.3. The van der Waals surface area contributed by atoms with Gasteiger partial charge in [0.05, 0.1) is 30.4 Å². The first-order valence-corrected chi connectivity index (χ1v) is 12.0. The number of rotatable bonds is 3. The number of nitrogens with zero attached hydrogens (tertiary/aromatic N) is 2. The number of aliphatic imine (C=N–C) groups is 1. The lowest BCUT2D eigenvalue weighted by Crippen LogP contribution is -2.49. The van der Waals surface area contributed by atoms with Crippen LogP contribution in [0.25, 0.3) is 0 Å². The molecule has 1 saturated carbocycles.